The standard InChI is InChI=1S/C17H14N4O2S/c1-18-17(19-12-6-4-5-11(9-12)16(22)23)24-10-15-20-13-7-2-3-8-14(13)21-15/h2-9H,1,10H2,(H,20,21)(H,22,23)/p+1. The van der Waals surface area contributed by atoms with Crippen LogP contribution in [0.1, 0.15) is 16.2 Å². The van der Waals surface area contributed by atoms with E-state index in [1.807, 2.05) is 24.3 Å². The lowest BCUT2D eigenvalue weighted by molar-refractivity contribution is -0.295. The average Bonchev–Trinajstić information content (AvgIpc) is 3.01. The molecule has 120 valence electrons. The van der Waals surface area contributed by atoms with Gasteiger partial charge in [-0.2, -0.15) is 0 Å². The highest BCUT2D eigenvalue weighted by Gasteiger charge is 2.12. The number of carbonyl (C=O) groups is 1. The third-order valence-corrected chi connectivity index (χ3v) is 4.19. The number of aromatic amines is 1. The molecule has 0 aliphatic carbocycles. The van der Waals surface area contributed by atoms with Gasteiger partial charge in [0.25, 0.3) is 0 Å². The second-order valence-electron chi connectivity index (χ2n) is 4.94. The van der Waals surface area contributed by atoms with Gasteiger partial charge in [-0.1, -0.05) is 18.2 Å². The molecule has 6 nitrogen and oxygen atoms in total. The number of hydrogen-bond acceptors (Lipinski definition) is 4. The molecule has 0 spiro atoms. The Balaban J connectivity index is 1.75. The van der Waals surface area contributed by atoms with Crippen molar-refractivity contribution >= 4 is 46.3 Å². The Morgan fingerprint density at radius 2 is 2.12 bits per heavy atom. The third kappa shape index (κ3) is 3.69. The Morgan fingerprint density at radius 3 is 2.88 bits per heavy atom. The summed E-state index contributed by atoms with van der Waals surface area (Å²) in [4.78, 5) is 25.9. The minimum absolute atomic E-state index is 0.196. The molecule has 7 heteroatoms. The number of carboxylic acid groups (broad SMARTS) is 1. The molecule has 0 atom stereocenters. The van der Waals surface area contributed by atoms with Crippen LogP contribution in [-0.2, 0) is 5.75 Å². The first kappa shape index (κ1) is 15.9. The van der Waals surface area contributed by atoms with E-state index < -0.39 is 5.97 Å². The molecule has 0 saturated carbocycles. The molecule has 0 aliphatic heterocycles. The van der Waals surface area contributed by atoms with Crippen molar-refractivity contribution in [2.45, 2.75) is 5.75 Å². The number of nitrogens with zero attached hydrogens (tertiary/aromatic N) is 2. The number of aromatic nitrogens is 2. The van der Waals surface area contributed by atoms with Crippen LogP contribution in [0.5, 0.6) is 0 Å². The summed E-state index contributed by atoms with van der Waals surface area (Å²) in [5.41, 5.74) is 2.66. The fourth-order valence-corrected chi connectivity index (χ4v) is 2.84. The van der Waals surface area contributed by atoms with Gasteiger partial charge in [-0.25, -0.2) is 14.8 Å². The first-order chi connectivity index (χ1) is 11.7. The summed E-state index contributed by atoms with van der Waals surface area (Å²) in [5.74, 6) is 0.448. The smallest absolute Gasteiger partial charge is 0.357 e. The summed E-state index contributed by atoms with van der Waals surface area (Å²) in [6.07, 6.45) is 0. The molecule has 3 aromatic rings. The van der Waals surface area contributed by atoms with Crippen molar-refractivity contribution in [2.75, 3.05) is 0 Å². The van der Waals surface area contributed by atoms with E-state index in [-0.39, 0.29) is 5.56 Å². The second kappa shape index (κ2) is 7.10. The minimum Gasteiger partial charge on any atom is -0.478 e. The number of nitrogens with one attached hydrogen (secondary N) is 2. The number of benzene rings is 2. The highest BCUT2D eigenvalue weighted by atomic mass is 32.2. The van der Waals surface area contributed by atoms with Gasteiger partial charge in [0.15, 0.2) is 5.69 Å². The molecular weight excluding hydrogens is 324 g/mol. The molecule has 0 saturated heterocycles. The number of aromatic carboxylic acids is 1. The van der Waals surface area contributed by atoms with Crippen LogP contribution in [0.15, 0.2) is 53.5 Å². The first-order valence-corrected chi connectivity index (χ1v) is 8.16. The van der Waals surface area contributed by atoms with Crippen LogP contribution in [0.4, 0.5) is 5.69 Å². The number of rotatable bonds is 4. The van der Waals surface area contributed by atoms with Crippen LogP contribution in [-0.4, -0.2) is 32.9 Å². The fourth-order valence-electron chi connectivity index (χ4n) is 2.16. The Bertz CT molecular complexity index is 900. The quantitative estimate of drug-likeness (QED) is 0.500. The second-order valence-corrected chi connectivity index (χ2v) is 5.90. The first-order valence-electron chi connectivity index (χ1n) is 7.17. The molecule has 0 radical (unpaired) electrons. The largest absolute Gasteiger partial charge is 0.478 e. The van der Waals surface area contributed by atoms with E-state index in [9.17, 15) is 4.79 Å². The van der Waals surface area contributed by atoms with Crippen LogP contribution in [0.3, 0.4) is 0 Å². The summed E-state index contributed by atoms with van der Waals surface area (Å²) >= 11 is 1.43. The number of fused-ring (bicyclic) bond motifs is 1. The van der Waals surface area contributed by atoms with Crippen LogP contribution in [0, 0.1) is 0 Å². The number of aliphatic imine (C=N–C) groups is 1. The predicted molar refractivity (Wildman–Crippen MR) is 96.0 cm³/mol. The summed E-state index contributed by atoms with van der Waals surface area (Å²) in [7, 11) is 0. The zero-order chi connectivity index (χ0) is 16.9. The number of carboxylic acids is 1. The van der Waals surface area contributed by atoms with Gasteiger partial charge >= 0.3 is 11.1 Å². The van der Waals surface area contributed by atoms with Crippen molar-refractivity contribution in [3.63, 3.8) is 0 Å². The van der Waals surface area contributed by atoms with Crippen LogP contribution in [0.2, 0.25) is 0 Å². The monoisotopic (exact) mass is 339 g/mol. The Kier molecular flexibility index (Phi) is 4.72. The molecule has 1 heterocycles. The van der Waals surface area contributed by atoms with E-state index >= 15 is 0 Å². The van der Waals surface area contributed by atoms with Crippen molar-refractivity contribution in [1.29, 1.82) is 0 Å². The van der Waals surface area contributed by atoms with E-state index in [0.29, 0.717) is 16.6 Å². The molecule has 3 N–H and O–H groups in total. The molecule has 0 unspecified atom stereocenters. The van der Waals surface area contributed by atoms with Crippen LogP contribution < -0.4 is 4.99 Å². The van der Waals surface area contributed by atoms with Gasteiger partial charge in [-0.05, 0) is 41.0 Å². The lowest BCUT2D eigenvalue weighted by Gasteiger charge is -1.95. The molecule has 0 amide bonds. The maximum atomic E-state index is 11.0. The van der Waals surface area contributed by atoms with E-state index in [1.54, 1.807) is 12.1 Å². The molecular formula is C17H15N4O2S+. The van der Waals surface area contributed by atoms with E-state index in [2.05, 4.69) is 26.7 Å². The highest BCUT2D eigenvalue weighted by Crippen LogP contribution is 2.18. The van der Waals surface area contributed by atoms with Crippen molar-refractivity contribution in [2.24, 2.45) is 4.99 Å². The van der Waals surface area contributed by atoms with Crippen molar-refractivity contribution < 1.29 is 14.9 Å². The maximum Gasteiger partial charge on any atom is 0.357 e. The third-order valence-electron chi connectivity index (χ3n) is 3.26. The lowest BCUT2D eigenvalue weighted by Crippen LogP contribution is -2.69. The highest BCUT2D eigenvalue weighted by molar-refractivity contribution is 8.12. The molecule has 2 aromatic carbocycles. The van der Waals surface area contributed by atoms with Crippen LogP contribution >= 0.6 is 11.8 Å². The van der Waals surface area contributed by atoms with Gasteiger partial charge < -0.3 is 10.1 Å². The van der Waals surface area contributed by atoms with Gasteiger partial charge in [0.2, 0.25) is 0 Å². The molecule has 24 heavy (non-hydrogen) atoms. The van der Waals surface area contributed by atoms with Gasteiger partial charge in [-0.15, -0.1) is 0 Å². The van der Waals surface area contributed by atoms with Gasteiger partial charge in [-0.3, -0.25) is 0 Å². The minimum atomic E-state index is -0.980. The Morgan fingerprint density at radius 1 is 1.29 bits per heavy atom. The topological polar surface area (TPSA) is 92.3 Å². The zero-order valence-electron chi connectivity index (χ0n) is 12.7. The SMILES string of the molecule is C=[NH+]C(=Nc1cccc(C(=O)O)c1)SCc1nc2ccccc2[nH]1. The van der Waals surface area contributed by atoms with Gasteiger partial charge in [0.1, 0.15) is 5.82 Å². The number of H-pyrrole nitrogens is 1. The van der Waals surface area contributed by atoms with Crippen molar-refractivity contribution in [1.82, 2.24) is 9.97 Å². The lowest BCUT2D eigenvalue weighted by atomic mass is 10.2. The normalized spacial score (nSPS) is 11.6. The van der Waals surface area contributed by atoms with Gasteiger partial charge in [0, 0.05) is 6.07 Å². The number of para-hydroxylation sites is 2. The maximum absolute atomic E-state index is 11.0. The molecule has 0 aliphatic rings. The molecule has 1 aromatic heterocycles. The molecule has 3 rings (SSSR count). The fraction of sp³-hybridized carbons (Fsp3) is 0.0588. The summed E-state index contributed by atoms with van der Waals surface area (Å²) in [5, 5.41) is 9.61. The Labute approximate surface area is 142 Å². The Hall–Kier alpha value is -2.93. The summed E-state index contributed by atoms with van der Waals surface area (Å²) < 4.78 is 0. The zero-order valence-corrected chi connectivity index (χ0v) is 13.5. The number of thioether (sulfide) groups is 1. The average molecular weight is 339 g/mol. The van der Waals surface area contributed by atoms with Gasteiger partial charge in [0.05, 0.1) is 29.1 Å². The molecule has 0 fully saturated rings. The number of imidazole rings is 1. The van der Waals surface area contributed by atoms with E-state index in [1.165, 1.54) is 23.9 Å². The van der Waals surface area contributed by atoms with E-state index in [0.717, 1.165) is 16.9 Å². The van der Waals surface area contributed by atoms with Crippen LogP contribution in [0.25, 0.3) is 11.0 Å². The van der Waals surface area contributed by atoms with Crippen molar-refractivity contribution in [3.8, 4) is 0 Å². The number of amidine groups is 1. The molecule has 0 bridgehead atoms. The van der Waals surface area contributed by atoms with E-state index in [4.69, 9.17) is 5.11 Å². The summed E-state index contributed by atoms with van der Waals surface area (Å²) in [6, 6.07) is 14.3. The predicted octanol–water partition coefficient (Wildman–Crippen LogP) is 1.96. The summed E-state index contributed by atoms with van der Waals surface area (Å²) in [6.45, 7) is 3.65. The van der Waals surface area contributed by atoms with Crippen molar-refractivity contribution in [3.05, 3.63) is 59.9 Å². The number of hydrogen-bond donors (Lipinski definition) is 3.